The van der Waals surface area contributed by atoms with Gasteiger partial charge in [0.05, 0.1) is 6.20 Å². The second kappa shape index (κ2) is 5.47. The summed E-state index contributed by atoms with van der Waals surface area (Å²) >= 11 is 0. The lowest BCUT2D eigenvalue weighted by Gasteiger charge is -1.95. The van der Waals surface area contributed by atoms with Gasteiger partial charge in [0, 0.05) is 23.5 Å². The fourth-order valence-corrected chi connectivity index (χ4v) is 1.05. The highest BCUT2D eigenvalue weighted by molar-refractivity contribution is 5.85. The standard InChI is InChI=1S/C8H8N4.2ClH/c9-8-7(5-11-12-8)6-2-1-3-10-4-6;;/h1-5H,(H3,9,11,12);2*1H. The largest absolute Gasteiger partial charge is 0.384 e. The molecule has 4 nitrogen and oxygen atoms in total. The lowest BCUT2D eigenvalue weighted by atomic mass is 10.1. The molecule has 0 radical (unpaired) electrons. The topological polar surface area (TPSA) is 67.6 Å². The molecule has 14 heavy (non-hydrogen) atoms. The van der Waals surface area contributed by atoms with E-state index in [4.69, 9.17) is 5.73 Å². The molecule has 2 rings (SSSR count). The number of hydrogen-bond acceptors (Lipinski definition) is 3. The van der Waals surface area contributed by atoms with Crippen LogP contribution in [0.3, 0.4) is 0 Å². The van der Waals surface area contributed by atoms with Crippen LogP contribution >= 0.6 is 24.8 Å². The van der Waals surface area contributed by atoms with Gasteiger partial charge in [-0.15, -0.1) is 24.8 Å². The Morgan fingerprint density at radius 2 is 2.00 bits per heavy atom. The molecule has 0 spiro atoms. The Bertz CT molecular complexity index is 374. The van der Waals surface area contributed by atoms with Crippen molar-refractivity contribution in [1.29, 1.82) is 0 Å². The molecule has 0 atom stereocenters. The van der Waals surface area contributed by atoms with Gasteiger partial charge in [-0.1, -0.05) is 6.07 Å². The van der Waals surface area contributed by atoms with E-state index < -0.39 is 0 Å². The Morgan fingerprint density at radius 3 is 2.50 bits per heavy atom. The number of hydrogen-bond donors (Lipinski definition) is 2. The molecule has 0 saturated carbocycles. The molecule has 0 aliphatic carbocycles. The Hall–Kier alpha value is -1.26. The first-order valence-corrected chi connectivity index (χ1v) is 3.57. The van der Waals surface area contributed by atoms with Gasteiger partial charge in [0.15, 0.2) is 0 Å². The zero-order valence-corrected chi connectivity index (χ0v) is 8.81. The number of aromatic amines is 1. The molecule has 0 aliphatic heterocycles. The van der Waals surface area contributed by atoms with Crippen molar-refractivity contribution in [2.24, 2.45) is 0 Å². The van der Waals surface area contributed by atoms with Crippen LogP contribution in [0.5, 0.6) is 0 Å². The lowest BCUT2D eigenvalue weighted by Crippen LogP contribution is -1.87. The van der Waals surface area contributed by atoms with Gasteiger partial charge in [0.25, 0.3) is 0 Å². The molecular formula is C8H10Cl2N4. The summed E-state index contributed by atoms with van der Waals surface area (Å²) in [4.78, 5) is 3.98. The molecule has 0 unspecified atom stereocenters. The van der Waals surface area contributed by atoms with Crippen LogP contribution in [0.1, 0.15) is 0 Å². The maximum Gasteiger partial charge on any atom is 0.126 e. The van der Waals surface area contributed by atoms with Gasteiger partial charge in [-0.05, 0) is 6.07 Å². The first-order valence-electron chi connectivity index (χ1n) is 3.57. The van der Waals surface area contributed by atoms with E-state index in [1.165, 1.54) is 0 Å². The average molecular weight is 233 g/mol. The van der Waals surface area contributed by atoms with E-state index in [1.807, 2.05) is 12.1 Å². The van der Waals surface area contributed by atoms with Crippen LogP contribution in [-0.4, -0.2) is 15.2 Å². The summed E-state index contributed by atoms with van der Waals surface area (Å²) < 4.78 is 0. The average Bonchev–Trinajstić information content (AvgIpc) is 2.53. The second-order valence-electron chi connectivity index (χ2n) is 2.44. The van der Waals surface area contributed by atoms with Crippen molar-refractivity contribution in [2.45, 2.75) is 0 Å². The molecule has 0 saturated heterocycles. The monoisotopic (exact) mass is 232 g/mol. The molecule has 6 heteroatoms. The molecule has 2 aromatic heterocycles. The number of nitrogens with zero attached hydrogens (tertiary/aromatic N) is 2. The van der Waals surface area contributed by atoms with Crippen molar-refractivity contribution in [3.63, 3.8) is 0 Å². The number of H-pyrrole nitrogens is 1. The first kappa shape index (κ1) is 12.7. The van der Waals surface area contributed by atoms with E-state index in [-0.39, 0.29) is 24.8 Å². The molecule has 0 aromatic carbocycles. The van der Waals surface area contributed by atoms with Gasteiger partial charge in [-0.3, -0.25) is 10.1 Å². The van der Waals surface area contributed by atoms with Crippen molar-refractivity contribution in [3.05, 3.63) is 30.7 Å². The number of halogens is 2. The van der Waals surface area contributed by atoms with E-state index in [9.17, 15) is 0 Å². The molecule has 0 bridgehead atoms. The maximum absolute atomic E-state index is 5.63. The van der Waals surface area contributed by atoms with Crippen LogP contribution in [0.25, 0.3) is 11.1 Å². The summed E-state index contributed by atoms with van der Waals surface area (Å²) in [7, 11) is 0. The smallest absolute Gasteiger partial charge is 0.126 e. The molecule has 2 aromatic rings. The predicted molar refractivity (Wildman–Crippen MR) is 60.7 cm³/mol. The Morgan fingerprint density at radius 1 is 1.21 bits per heavy atom. The maximum atomic E-state index is 5.63. The van der Waals surface area contributed by atoms with Crippen molar-refractivity contribution in [2.75, 3.05) is 5.73 Å². The lowest BCUT2D eigenvalue weighted by molar-refractivity contribution is 1.10. The van der Waals surface area contributed by atoms with Crippen LogP contribution in [0.4, 0.5) is 5.82 Å². The van der Waals surface area contributed by atoms with Crippen molar-refractivity contribution >= 4 is 30.6 Å². The third kappa shape index (κ3) is 2.37. The van der Waals surface area contributed by atoms with Gasteiger partial charge in [0.2, 0.25) is 0 Å². The fraction of sp³-hybridized carbons (Fsp3) is 0. The van der Waals surface area contributed by atoms with E-state index in [2.05, 4.69) is 15.2 Å². The number of nitrogens with one attached hydrogen (secondary N) is 1. The quantitative estimate of drug-likeness (QED) is 0.790. The Balaban J connectivity index is 0.000000845. The molecule has 2 heterocycles. The van der Waals surface area contributed by atoms with E-state index in [0.717, 1.165) is 11.1 Å². The molecule has 0 aliphatic rings. The molecule has 3 N–H and O–H groups in total. The number of aromatic nitrogens is 3. The van der Waals surface area contributed by atoms with Gasteiger partial charge in [0.1, 0.15) is 5.82 Å². The molecule has 0 fully saturated rings. The normalized spacial score (nSPS) is 8.57. The highest BCUT2D eigenvalue weighted by atomic mass is 35.5. The van der Waals surface area contributed by atoms with Gasteiger partial charge < -0.3 is 5.73 Å². The fourth-order valence-electron chi connectivity index (χ4n) is 1.05. The Labute approximate surface area is 93.8 Å². The minimum atomic E-state index is 0. The molecule has 76 valence electrons. The zero-order valence-electron chi connectivity index (χ0n) is 7.18. The van der Waals surface area contributed by atoms with Crippen LogP contribution in [0, 0.1) is 0 Å². The van der Waals surface area contributed by atoms with Crippen molar-refractivity contribution < 1.29 is 0 Å². The van der Waals surface area contributed by atoms with Crippen molar-refractivity contribution in [1.82, 2.24) is 15.2 Å². The highest BCUT2D eigenvalue weighted by Crippen LogP contribution is 2.21. The van der Waals surface area contributed by atoms with Gasteiger partial charge in [-0.2, -0.15) is 5.10 Å². The van der Waals surface area contributed by atoms with E-state index in [0.29, 0.717) is 5.82 Å². The molecular weight excluding hydrogens is 223 g/mol. The van der Waals surface area contributed by atoms with E-state index in [1.54, 1.807) is 18.6 Å². The van der Waals surface area contributed by atoms with Gasteiger partial charge in [-0.25, -0.2) is 0 Å². The van der Waals surface area contributed by atoms with Crippen LogP contribution in [0.2, 0.25) is 0 Å². The summed E-state index contributed by atoms with van der Waals surface area (Å²) in [5.41, 5.74) is 7.49. The SMILES string of the molecule is Cl.Cl.Nc1[nH]ncc1-c1cccnc1. The first-order chi connectivity index (χ1) is 5.88. The minimum Gasteiger partial charge on any atom is -0.384 e. The number of nitrogen functional groups attached to an aromatic ring is 1. The third-order valence-corrected chi connectivity index (χ3v) is 1.64. The highest BCUT2D eigenvalue weighted by Gasteiger charge is 2.02. The van der Waals surface area contributed by atoms with Crippen LogP contribution in [-0.2, 0) is 0 Å². The Kier molecular flexibility index (Phi) is 4.97. The number of rotatable bonds is 1. The number of nitrogens with two attached hydrogens (primary N) is 1. The summed E-state index contributed by atoms with van der Waals surface area (Å²) in [6, 6.07) is 3.80. The summed E-state index contributed by atoms with van der Waals surface area (Å²) in [6.45, 7) is 0. The van der Waals surface area contributed by atoms with Crippen LogP contribution < -0.4 is 5.73 Å². The minimum absolute atomic E-state index is 0. The van der Waals surface area contributed by atoms with Gasteiger partial charge >= 0.3 is 0 Å². The van der Waals surface area contributed by atoms with Crippen molar-refractivity contribution in [3.8, 4) is 11.1 Å². The van der Waals surface area contributed by atoms with Crippen LogP contribution in [0.15, 0.2) is 30.7 Å². The van der Waals surface area contributed by atoms with E-state index >= 15 is 0 Å². The number of pyridine rings is 1. The zero-order chi connectivity index (χ0) is 8.39. The number of anilines is 1. The molecule has 0 amide bonds. The summed E-state index contributed by atoms with van der Waals surface area (Å²) in [5, 5.41) is 6.49. The third-order valence-electron chi connectivity index (χ3n) is 1.64. The summed E-state index contributed by atoms with van der Waals surface area (Å²) in [6.07, 6.45) is 5.16. The second-order valence-corrected chi connectivity index (χ2v) is 2.44. The predicted octanol–water partition coefficient (Wildman–Crippen LogP) is 1.90. The summed E-state index contributed by atoms with van der Waals surface area (Å²) in [5.74, 6) is 0.572.